The Morgan fingerprint density at radius 1 is 1.32 bits per heavy atom. The average Bonchev–Trinajstić information content (AvgIpc) is 2.37. The van der Waals surface area contributed by atoms with E-state index < -0.39 is 23.2 Å². The number of aromatic nitrogens is 1. The van der Waals surface area contributed by atoms with E-state index in [2.05, 4.69) is 10.4 Å². The second-order valence-electron chi connectivity index (χ2n) is 3.67. The summed E-state index contributed by atoms with van der Waals surface area (Å²) < 4.78 is 56.6. The van der Waals surface area contributed by atoms with Crippen LogP contribution in [0.1, 0.15) is 5.69 Å². The number of pyridine rings is 1. The van der Waals surface area contributed by atoms with Crippen molar-refractivity contribution in [2.45, 2.75) is 6.18 Å². The van der Waals surface area contributed by atoms with Crippen molar-refractivity contribution < 1.29 is 22.3 Å². The van der Waals surface area contributed by atoms with Crippen LogP contribution in [0.2, 0.25) is 0 Å². The molecule has 0 aliphatic heterocycles. The van der Waals surface area contributed by atoms with E-state index in [9.17, 15) is 17.6 Å². The SMILES string of the molecule is COc1ccc(F)c2nc(C(F)(F)F)cc(NN)c12. The lowest BCUT2D eigenvalue weighted by molar-refractivity contribution is -0.140. The van der Waals surface area contributed by atoms with Crippen LogP contribution in [0.15, 0.2) is 18.2 Å². The number of fused-ring (bicyclic) bond motifs is 1. The van der Waals surface area contributed by atoms with E-state index in [-0.39, 0.29) is 16.8 Å². The summed E-state index contributed by atoms with van der Waals surface area (Å²) in [5, 5.41) is 0.0537. The van der Waals surface area contributed by atoms with Gasteiger partial charge in [-0.2, -0.15) is 13.2 Å². The third-order valence-electron chi connectivity index (χ3n) is 2.54. The fraction of sp³-hybridized carbons (Fsp3) is 0.182. The van der Waals surface area contributed by atoms with Crippen LogP contribution >= 0.6 is 0 Å². The van der Waals surface area contributed by atoms with Gasteiger partial charge in [-0.15, -0.1) is 0 Å². The average molecular weight is 275 g/mol. The molecule has 8 heteroatoms. The highest BCUT2D eigenvalue weighted by Gasteiger charge is 2.34. The molecule has 1 aromatic carbocycles. The molecule has 0 amide bonds. The molecule has 0 bridgehead atoms. The minimum absolute atomic E-state index is 0.0537. The van der Waals surface area contributed by atoms with Crippen LogP contribution in [0.25, 0.3) is 10.9 Å². The molecule has 2 rings (SSSR count). The number of nitrogens with one attached hydrogen (secondary N) is 1. The number of rotatable bonds is 2. The van der Waals surface area contributed by atoms with Gasteiger partial charge in [0.1, 0.15) is 22.8 Å². The number of hydrogen-bond donors (Lipinski definition) is 2. The molecule has 4 nitrogen and oxygen atoms in total. The van der Waals surface area contributed by atoms with Gasteiger partial charge in [-0.05, 0) is 18.2 Å². The highest BCUT2D eigenvalue weighted by atomic mass is 19.4. The largest absolute Gasteiger partial charge is 0.496 e. The molecule has 1 heterocycles. The predicted octanol–water partition coefficient (Wildman–Crippen LogP) is 2.69. The Bertz CT molecular complexity index is 627. The Morgan fingerprint density at radius 2 is 2.00 bits per heavy atom. The standard InChI is InChI=1S/C11H9F4N3O/c1-19-7-3-2-5(12)10-9(7)6(18-16)4-8(17-10)11(13,14)15/h2-4H,16H2,1H3,(H,17,18). The molecule has 3 N–H and O–H groups in total. The Labute approximate surface area is 105 Å². The second-order valence-corrected chi connectivity index (χ2v) is 3.67. The smallest absolute Gasteiger partial charge is 0.433 e. The minimum Gasteiger partial charge on any atom is -0.496 e. The van der Waals surface area contributed by atoms with Crippen LogP contribution < -0.4 is 16.0 Å². The summed E-state index contributed by atoms with van der Waals surface area (Å²) in [4.78, 5) is 3.29. The van der Waals surface area contributed by atoms with Gasteiger partial charge in [-0.25, -0.2) is 9.37 Å². The van der Waals surface area contributed by atoms with Crippen LogP contribution in [0, 0.1) is 5.82 Å². The van der Waals surface area contributed by atoms with E-state index >= 15 is 0 Å². The van der Waals surface area contributed by atoms with E-state index in [4.69, 9.17) is 10.6 Å². The van der Waals surface area contributed by atoms with Gasteiger partial charge in [0.05, 0.1) is 18.2 Å². The number of hydrazine groups is 1. The molecule has 0 spiro atoms. The molecular weight excluding hydrogens is 266 g/mol. The Morgan fingerprint density at radius 3 is 2.53 bits per heavy atom. The van der Waals surface area contributed by atoms with E-state index in [0.29, 0.717) is 6.07 Å². The van der Waals surface area contributed by atoms with Crippen molar-refractivity contribution >= 4 is 16.6 Å². The molecule has 102 valence electrons. The van der Waals surface area contributed by atoms with Crippen molar-refractivity contribution in [3.8, 4) is 5.75 Å². The maximum Gasteiger partial charge on any atom is 0.433 e. The van der Waals surface area contributed by atoms with Gasteiger partial charge in [0.15, 0.2) is 0 Å². The third kappa shape index (κ3) is 2.26. The van der Waals surface area contributed by atoms with Gasteiger partial charge in [-0.3, -0.25) is 5.84 Å². The van der Waals surface area contributed by atoms with Crippen LogP contribution in [0.3, 0.4) is 0 Å². The van der Waals surface area contributed by atoms with Crippen molar-refractivity contribution in [1.82, 2.24) is 4.98 Å². The zero-order valence-electron chi connectivity index (χ0n) is 9.68. The summed E-state index contributed by atoms with van der Waals surface area (Å²) in [6.07, 6.45) is -4.70. The third-order valence-corrected chi connectivity index (χ3v) is 2.54. The molecule has 1 aromatic heterocycles. The molecule has 0 saturated carbocycles. The van der Waals surface area contributed by atoms with Crippen molar-refractivity contribution in [3.05, 3.63) is 29.7 Å². The number of alkyl halides is 3. The molecule has 0 aliphatic carbocycles. The van der Waals surface area contributed by atoms with Gasteiger partial charge in [0, 0.05) is 0 Å². The Balaban J connectivity index is 2.88. The maximum absolute atomic E-state index is 13.6. The Kier molecular flexibility index (Phi) is 3.19. The number of nitrogens with two attached hydrogens (primary N) is 1. The number of methoxy groups -OCH3 is 1. The number of nitrogen functional groups attached to an aromatic ring is 1. The molecule has 19 heavy (non-hydrogen) atoms. The van der Waals surface area contributed by atoms with E-state index in [1.807, 2.05) is 0 Å². The molecule has 0 radical (unpaired) electrons. The topological polar surface area (TPSA) is 60.2 Å². The van der Waals surface area contributed by atoms with Gasteiger partial charge in [-0.1, -0.05) is 0 Å². The normalized spacial score (nSPS) is 11.7. The Hall–Kier alpha value is -2.09. The number of benzene rings is 1. The number of hydrogen-bond acceptors (Lipinski definition) is 4. The zero-order chi connectivity index (χ0) is 14.2. The van der Waals surface area contributed by atoms with Crippen LogP contribution in [-0.4, -0.2) is 12.1 Å². The highest BCUT2D eigenvalue weighted by molar-refractivity contribution is 5.96. The first kappa shape index (κ1) is 13.3. The summed E-state index contributed by atoms with van der Waals surface area (Å²) in [6, 6.07) is 2.96. The summed E-state index contributed by atoms with van der Waals surface area (Å²) in [5.74, 6) is 4.46. The van der Waals surface area contributed by atoms with Gasteiger partial charge in [0.25, 0.3) is 0 Å². The number of halogens is 4. The number of ether oxygens (including phenoxy) is 1. The second kappa shape index (κ2) is 4.54. The van der Waals surface area contributed by atoms with Crippen molar-refractivity contribution in [1.29, 1.82) is 0 Å². The highest BCUT2D eigenvalue weighted by Crippen LogP contribution is 2.37. The lowest BCUT2D eigenvalue weighted by Crippen LogP contribution is -2.13. The minimum atomic E-state index is -4.70. The van der Waals surface area contributed by atoms with Crippen LogP contribution in [0.5, 0.6) is 5.75 Å². The van der Waals surface area contributed by atoms with E-state index in [1.165, 1.54) is 13.2 Å². The van der Waals surface area contributed by atoms with Crippen LogP contribution in [0.4, 0.5) is 23.2 Å². The van der Waals surface area contributed by atoms with Gasteiger partial charge in [0.2, 0.25) is 0 Å². The number of nitrogens with zero attached hydrogens (tertiary/aromatic N) is 1. The van der Waals surface area contributed by atoms with Crippen molar-refractivity contribution in [2.75, 3.05) is 12.5 Å². The maximum atomic E-state index is 13.6. The molecule has 0 aliphatic rings. The summed E-state index contributed by atoms with van der Waals surface area (Å²) in [6.45, 7) is 0. The van der Waals surface area contributed by atoms with Crippen molar-refractivity contribution in [2.24, 2.45) is 5.84 Å². The summed E-state index contributed by atoms with van der Waals surface area (Å²) in [5.41, 5.74) is 0.288. The first-order valence-corrected chi connectivity index (χ1v) is 5.09. The van der Waals surface area contributed by atoms with Gasteiger partial charge >= 0.3 is 6.18 Å². The van der Waals surface area contributed by atoms with E-state index in [0.717, 1.165) is 6.07 Å². The molecule has 0 saturated heterocycles. The van der Waals surface area contributed by atoms with Gasteiger partial charge < -0.3 is 10.2 Å². The fourth-order valence-electron chi connectivity index (χ4n) is 1.71. The molecule has 2 aromatic rings. The predicted molar refractivity (Wildman–Crippen MR) is 61.1 cm³/mol. The van der Waals surface area contributed by atoms with Crippen molar-refractivity contribution in [3.63, 3.8) is 0 Å². The molecule has 0 fully saturated rings. The number of anilines is 1. The quantitative estimate of drug-likeness (QED) is 0.502. The zero-order valence-corrected chi connectivity index (χ0v) is 9.68. The monoisotopic (exact) mass is 275 g/mol. The lowest BCUT2D eigenvalue weighted by atomic mass is 10.1. The summed E-state index contributed by atoms with van der Waals surface area (Å²) >= 11 is 0. The molecule has 0 unspecified atom stereocenters. The fourth-order valence-corrected chi connectivity index (χ4v) is 1.71. The summed E-state index contributed by atoms with van der Waals surface area (Å²) in [7, 11) is 1.31. The first-order valence-electron chi connectivity index (χ1n) is 5.09. The van der Waals surface area contributed by atoms with E-state index in [1.54, 1.807) is 0 Å². The lowest BCUT2D eigenvalue weighted by Gasteiger charge is -2.13. The molecule has 0 atom stereocenters. The molecular formula is C11H9F4N3O. The van der Waals surface area contributed by atoms with Crippen LogP contribution in [-0.2, 0) is 6.18 Å². The first-order chi connectivity index (χ1) is 8.88.